The van der Waals surface area contributed by atoms with Crippen molar-refractivity contribution in [1.29, 1.82) is 0 Å². The summed E-state index contributed by atoms with van der Waals surface area (Å²) in [5, 5.41) is 27.2. The monoisotopic (exact) mass is 446 g/mol. The van der Waals surface area contributed by atoms with Gasteiger partial charge in [-0.25, -0.2) is 4.79 Å². The smallest absolute Gasteiger partial charge is 0.405 e. The number of nitrogens with zero attached hydrogens (tertiary/aromatic N) is 5. The number of hydrogen-bond donors (Lipinski definition) is 3. The van der Waals surface area contributed by atoms with E-state index in [4.69, 9.17) is 9.90 Å². The summed E-state index contributed by atoms with van der Waals surface area (Å²) in [5.41, 5.74) is 3.08. The quantitative estimate of drug-likeness (QED) is 0.573. The molecule has 2 aromatic rings. The molecule has 0 fully saturated rings. The molecule has 2 heterocycles. The largest absolute Gasteiger partial charge is 0.483 e. The van der Waals surface area contributed by atoms with Crippen LogP contribution in [0.1, 0.15) is 38.3 Å². The molecule has 1 aromatic heterocycles. The number of amides is 2. The van der Waals surface area contributed by atoms with Gasteiger partial charge in [-0.3, -0.25) is 14.3 Å². The summed E-state index contributed by atoms with van der Waals surface area (Å²) in [6, 6.07) is 5.19. The Hall–Kier alpha value is -3.47. The predicted molar refractivity (Wildman–Crippen MR) is 118 cm³/mol. The van der Waals surface area contributed by atoms with Crippen molar-refractivity contribution >= 4 is 24.2 Å². The Morgan fingerprint density at radius 1 is 1.34 bits per heavy atom. The molecule has 0 radical (unpaired) electrons. The lowest BCUT2D eigenvalue weighted by atomic mass is 9.90. The lowest BCUT2D eigenvalue weighted by molar-refractivity contribution is -0.123. The summed E-state index contributed by atoms with van der Waals surface area (Å²) >= 11 is 0. The zero-order chi connectivity index (χ0) is 23.8. The van der Waals surface area contributed by atoms with Gasteiger partial charge in [0.05, 0.1) is 12.2 Å². The number of carboxylic acid groups (broad SMARTS) is 2. The third-order valence-electron chi connectivity index (χ3n) is 5.14. The Balaban J connectivity index is 0.00000114. The van der Waals surface area contributed by atoms with E-state index >= 15 is 0 Å². The zero-order valence-corrected chi connectivity index (χ0v) is 18.7. The number of fused-ring (bicyclic) bond motifs is 1. The fourth-order valence-electron chi connectivity index (χ4n) is 3.88. The van der Waals surface area contributed by atoms with E-state index in [1.54, 1.807) is 4.90 Å². The molecule has 0 saturated carbocycles. The summed E-state index contributed by atoms with van der Waals surface area (Å²) in [6.45, 7) is 4.94. The van der Waals surface area contributed by atoms with Gasteiger partial charge < -0.3 is 25.3 Å². The van der Waals surface area contributed by atoms with Crippen molar-refractivity contribution in [3.63, 3.8) is 0 Å². The average molecular weight is 447 g/mol. The second-order valence-electron chi connectivity index (χ2n) is 7.88. The third kappa shape index (κ3) is 6.27. The van der Waals surface area contributed by atoms with E-state index in [0.29, 0.717) is 6.42 Å². The SMILES string of the molecule is CC(=O)N1c2ccc(-c3cn(CCCN(C)C)nn3)cc2[C@H](NC(=O)O)C[C@@H]1C.O=CO. The molecule has 174 valence electrons. The standard InChI is InChI=1S/C20H28N6O3.CH2O2/c1-13-10-17(21-20(28)29)16-11-15(6-7-19(16)26(13)14(2)27)18-12-25(23-22-18)9-5-8-24(3)4;2-1-3/h6-7,11-13,17,21H,5,8-10H2,1-4H3,(H,28,29);1H,(H,2,3)/t13-,17+;/m0./s1. The molecule has 32 heavy (non-hydrogen) atoms. The highest BCUT2D eigenvalue weighted by molar-refractivity contribution is 5.94. The van der Waals surface area contributed by atoms with Crippen molar-refractivity contribution < 1.29 is 24.6 Å². The van der Waals surface area contributed by atoms with Gasteiger partial charge in [0.25, 0.3) is 6.47 Å². The topological polar surface area (TPSA) is 141 Å². The first-order valence-electron chi connectivity index (χ1n) is 10.2. The van der Waals surface area contributed by atoms with E-state index in [-0.39, 0.29) is 24.5 Å². The molecule has 11 heteroatoms. The van der Waals surface area contributed by atoms with E-state index < -0.39 is 6.09 Å². The summed E-state index contributed by atoms with van der Waals surface area (Å²) in [4.78, 5) is 35.7. The highest BCUT2D eigenvalue weighted by Crippen LogP contribution is 2.39. The summed E-state index contributed by atoms with van der Waals surface area (Å²) in [6.07, 6.45) is 2.29. The molecule has 3 rings (SSSR count). The van der Waals surface area contributed by atoms with E-state index in [1.165, 1.54) is 6.92 Å². The van der Waals surface area contributed by atoms with Gasteiger partial charge in [0, 0.05) is 30.8 Å². The van der Waals surface area contributed by atoms with Crippen molar-refractivity contribution in [2.24, 2.45) is 0 Å². The number of anilines is 1. The Morgan fingerprint density at radius 2 is 2.03 bits per heavy atom. The maximum Gasteiger partial charge on any atom is 0.405 e. The Labute approximate surface area is 186 Å². The number of hydrogen-bond acceptors (Lipinski definition) is 6. The molecule has 1 aromatic carbocycles. The lowest BCUT2D eigenvalue weighted by Crippen LogP contribution is -2.45. The fourth-order valence-corrected chi connectivity index (χ4v) is 3.88. The van der Waals surface area contributed by atoms with Gasteiger partial charge in [-0.2, -0.15) is 0 Å². The first kappa shape index (κ1) is 24.8. The molecule has 2 amide bonds. The van der Waals surface area contributed by atoms with Crippen LogP contribution in [0, 0.1) is 0 Å². The minimum atomic E-state index is -1.08. The van der Waals surface area contributed by atoms with Crippen molar-refractivity contribution in [2.45, 2.75) is 45.3 Å². The molecule has 0 unspecified atom stereocenters. The van der Waals surface area contributed by atoms with Gasteiger partial charge in [0.15, 0.2) is 0 Å². The van der Waals surface area contributed by atoms with E-state index in [2.05, 4.69) is 20.5 Å². The van der Waals surface area contributed by atoms with Crippen LogP contribution in [0.25, 0.3) is 11.3 Å². The average Bonchev–Trinajstić information content (AvgIpc) is 3.16. The van der Waals surface area contributed by atoms with Gasteiger partial charge in [0.1, 0.15) is 5.69 Å². The van der Waals surface area contributed by atoms with Crippen LogP contribution in [-0.2, 0) is 16.1 Å². The minimum Gasteiger partial charge on any atom is -0.483 e. The molecule has 1 aliphatic rings. The molecular weight excluding hydrogens is 416 g/mol. The van der Waals surface area contributed by atoms with Gasteiger partial charge in [-0.1, -0.05) is 11.3 Å². The number of carbonyl (C=O) groups is 3. The molecule has 0 saturated heterocycles. The first-order chi connectivity index (χ1) is 15.2. The zero-order valence-electron chi connectivity index (χ0n) is 18.7. The van der Waals surface area contributed by atoms with Crippen molar-refractivity contribution in [2.75, 3.05) is 25.5 Å². The number of aromatic nitrogens is 3. The molecule has 1 aliphatic heterocycles. The third-order valence-corrected chi connectivity index (χ3v) is 5.14. The van der Waals surface area contributed by atoms with Crippen LogP contribution in [-0.4, -0.2) is 75.3 Å². The Kier molecular flexibility index (Phi) is 8.71. The number of benzene rings is 1. The number of nitrogens with one attached hydrogen (secondary N) is 1. The van der Waals surface area contributed by atoms with E-state index in [1.807, 2.05) is 50.1 Å². The molecule has 0 spiro atoms. The Bertz CT molecular complexity index is 945. The van der Waals surface area contributed by atoms with Crippen molar-refractivity contribution in [3.05, 3.63) is 30.0 Å². The Morgan fingerprint density at radius 3 is 2.62 bits per heavy atom. The van der Waals surface area contributed by atoms with Gasteiger partial charge in [-0.15, -0.1) is 5.10 Å². The molecular formula is C21H30N6O5. The predicted octanol–water partition coefficient (Wildman–Crippen LogP) is 2.05. The van der Waals surface area contributed by atoms with E-state index in [0.717, 1.165) is 42.0 Å². The van der Waals surface area contributed by atoms with E-state index in [9.17, 15) is 14.7 Å². The maximum absolute atomic E-state index is 12.2. The lowest BCUT2D eigenvalue weighted by Gasteiger charge is -2.39. The minimum absolute atomic E-state index is 0.0629. The van der Waals surface area contributed by atoms with Crippen LogP contribution in [0.2, 0.25) is 0 Å². The van der Waals surface area contributed by atoms with Crippen LogP contribution in [0.3, 0.4) is 0 Å². The fraction of sp³-hybridized carbons (Fsp3) is 0.476. The second kappa shape index (κ2) is 11.2. The van der Waals surface area contributed by atoms with Gasteiger partial charge in [-0.05, 0) is 58.1 Å². The highest BCUT2D eigenvalue weighted by atomic mass is 16.4. The van der Waals surface area contributed by atoms with Crippen LogP contribution in [0.15, 0.2) is 24.4 Å². The molecule has 11 nitrogen and oxygen atoms in total. The second-order valence-corrected chi connectivity index (χ2v) is 7.88. The van der Waals surface area contributed by atoms with Crippen molar-refractivity contribution in [3.8, 4) is 11.3 Å². The number of aryl methyl sites for hydroxylation is 1. The molecule has 2 atom stereocenters. The molecule has 0 aliphatic carbocycles. The normalized spacial score (nSPS) is 17.2. The highest BCUT2D eigenvalue weighted by Gasteiger charge is 2.33. The van der Waals surface area contributed by atoms with Crippen LogP contribution in [0.4, 0.5) is 10.5 Å². The number of carbonyl (C=O) groups excluding carboxylic acids is 1. The molecule has 0 bridgehead atoms. The summed E-state index contributed by atoms with van der Waals surface area (Å²) < 4.78 is 1.81. The number of rotatable bonds is 6. The summed E-state index contributed by atoms with van der Waals surface area (Å²) in [5.74, 6) is -0.0629. The molecule has 3 N–H and O–H groups in total. The maximum atomic E-state index is 12.2. The first-order valence-corrected chi connectivity index (χ1v) is 10.2. The van der Waals surface area contributed by atoms with Crippen LogP contribution >= 0.6 is 0 Å². The van der Waals surface area contributed by atoms with Crippen LogP contribution in [0.5, 0.6) is 0 Å². The van der Waals surface area contributed by atoms with Crippen molar-refractivity contribution in [1.82, 2.24) is 25.2 Å². The van der Waals surface area contributed by atoms with Gasteiger partial charge >= 0.3 is 6.09 Å². The van der Waals surface area contributed by atoms with Gasteiger partial charge in [0.2, 0.25) is 5.91 Å². The van der Waals surface area contributed by atoms with Crippen LogP contribution < -0.4 is 10.2 Å². The summed E-state index contributed by atoms with van der Waals surface area (Å²) in [7, 11) is 4.07.